The van der Waals surface area contributed by atoms with Crippen LogP contribution in [0.25, 0.3) is 15.5 Å². The molecule has 0 spiro atoms. The van der Waals surface area contributed by atoms with Gasteiger partial charge in [-0.15, -0.1) is 10.2 Å². The Bertz CT molecular complexity index is 1120. The highest BCUT2D eigenvalue weighted by Gasteiger charge is 2.12. The van der Waals surface area contributed by atoms with E-state index < -0.39 is 0 Å². The largest absolute Gasteiger partial charge is 0.497 e. The van der Waals surface area contributed by atoms with Crippen LogP contribution in [0.5, 0.6) is 11.5 Å². The molecule has 9 heteroatoms. The summed E-state index contributed by atoms with van der Waals surface area (Å²) < 4.78 is 12.4. The summed E-state index contributed by atoms with van der Waals surface area (Å²) in [5.41, 5.74) is 1.64. The van der Waals surface area contributed by atoms with Gasteiger partial charge in [0.05, 0.1) is 7.11 Å². The Hall–Kier alpha value is -3.46. The van der Waals surface area contributed by atoms with E-state index in [1.54, 1.807) is 35.9 Å². The number of benzene rings is 2. The normalized spacial score (nSPS) is 10.8. The van der Waals surface area contributed by atoms with Crippen LogP contribution in [-0.4, -0.2) is 39.4 Å². The molecule has 2 heterocycles. The molecule has 2 aromatic heterocycles. The fraction of sp³-hybridized carbons (Fsp3) is 0.200. The van der Waals surface area contributed by atoms with Gasteiger partial charge in [-0.25, -0.2) is 0 Å². The van der Waals surface area contributed by atoms with E-state index >= 15 is 0 Å². The molecule has 29 heavy (non-hydrogen) atoms. The van der Waals surface area contributed by atoms with Gasteiger partial charge in [0.25, 0.3) is 5.91 Å². The van der Waals surface area contributed by atoms with Gasteiger partial charge in [-0.3, -0.25) is 4.79 Å². The zero-order chi connectivity index (χ0) is 20.2. The second-order valence-electron chi connectivity index (χ2n) is 6.16. The summed E-state index contributed by atoms with van der Waals surface area (Å²) in [5.74, 6) is 1.94. The smallest absolute Gasteiger partial charge is 0.262 e. The van der Waals surface area contributed by atoms with Gasteiger partial charge in [-0.2, -0.15) is 9.61 Å². The van der Waals surface area contributed by atoms with Crippen molar-refractivity contribution in [3.63, 3.8) is 0 Å². The maximum atomic E-state index is 12.1. The zero-order valence-corrected chi connectivity index (χ0v) is 16.8. The number of fused-ring (bicyclic) bond motifs is 1. The highest BCUT2D eigenvalue weighted by Crippen LogP contribution is 2.26. The Morgan fingerprint density at radius 1 is 1.07 bits per heavy atom. The third kappa shape index (κ3) is 4.19. The number of hydrogen-bond donors (Lipinski definition) is 1. The number of nitrogens with one attached hydrogen (secondary N) is 1. The quantitative estimate of drug-likeness (QED) is 0.503. The number of hydrogen-bond acceptors (Lipinski definition) is 7. The average molecular weight is 409 g/mol. The Morgan fingerprint density at radius 2 is 1.79 bits per heavy atom. The number of carbonyl (C=O) groups is 1. The third-order valence-electron chi connectivity index (χ3n) is 4.22. The molecule has 8 nitrogen and oxygen atoms in total. The molecule has 4 rings (SSSR count). The van der Waals surface area contributed by atoms with E-state index in [0.29, 0.717) is 11.4 Å². The first kappa shape index (κ1) is 18.9. The van der Waals surface area contributed by atoms with E-state index in [4.69, 9.17) is 9.47 Å². The van der Waals surface area contributed by atoms with Crippen LogP contribution in [-0.2, 0) is 11.2 Å². The summed E-state index contributed by atoms with van der Waals surface area (Å²) in [6, 6.07) is 14.6. The third-order valence-corrected chi connectivity index (χ3v) is 5.16. The second kappa shape index (κ2) is 8.27. The zero-order valence-electron chi connectivity index (χ0n) is 16.0. The van der Waals surface area contributed by atoms with Crippen molar-refractivity contribution in [3.05, 3.63) is 54.4 Å². The van der Waals surface area contributed by atoms with Crippen molar-refractivity contribution in [3.8, 4) is 22.1 Å². The monoisotopic (exact) mass is 409 g/mol. The first-order chi connectivity index (χ1) is 14.2. The Labute approximate surface area is 171 Å². The van der Waals surface area contributed by atoms with Crippen LogP contribution in [0.4, 0.5) is 5.69 Å². The molecule has 0 saturated carbocycles. The maximum absolute atomic E-state index is 12.1. The maximum Gasteiger partial charge on any atom is 0.262 e. The summed E-state index contributed by atoms with van der Waals surface area (Å²) in [5, 5.41) is 16.5. The molecule has 0 atom stereocenters. The molecule has 0 fully saturated rings. The minimum atomic E-state index is -0.236. The molecule has 0 radical (unpaired) electrons. The molecule has 1 amide bonds. The number of aromatic nitrogens is 4. The number of rotatable bonds is 7. The Kier molecular flexibility index (Phi) is 5.39. The van der Waals surface area contributed by atoms with Gasteiger partial charge < -0.3 is 14.8 Å². The van der Waals surface area contributed by atoms with E-state index in [2.05, 4.69) is 20.6 Å². The van der Waals surface area contributed by atoms with Gasteiger partial charge in [0, 0.05) is 17.7 Å². The fourth-order valence-corrected chi connectivity index (χ4v) is 3.57. The molecule has 0 unspecified atom stereocenters. The average Bonchev–Trinajstić information content (AvgIpc) is 3.34. The van der Waals surface area contributed by atoms with Gasteiger partial charge in [0.15, 0.2) is 12.4 Å². The summed E-state index contributed by atoms with van der Waals surface area (Å²) >= 11 is 1.48. The Balaban J connectivity index is 1.36. The van der Waals surface area contributed by atoms with Crippen molar-refractivity contribution < 1.29 is 14.3 Å². The topological polar surface area (TPSA) is 90.6 Å². The van der Waals surface area contributed by atoms with Crippen LogP contribution in [0.3, 0.4) is 0 Å². The highest BCUT2D eigenvalue weighted by molar-refractivity contribution is 7.19. The van der Waals surface area contributed by atoms with Crippen LogP contribution in [0.15, 0.2) is 48.5 Å². The molecule has 4 aromatic rings. The molecule has 0 saturated heterocycles. The van der Waals surface area contributed by atoms with Crippen LogP contribution >= 0.6 is 11.3 Å². The SMILES string of the molecule is CCc1nnc2sc(-c3ccc(NC(=O)COc4ccc(OC)cc4)cc3)nn12. The number of amides is 1. The fourth-order valence-electron chi connectivity index (χ4n) is 2.71. The molecular formula is C20H19N5O3S. The second-order valence-corrected chi connectivity index (χ2v) is 7.12. The minimum absolute atomic E-state index is 0.0788. The first-order valence-electron chi connectivity index (χ1n) is 9.04. The number of aryl methyl sites for hydroxylation is 1. The van der Waals surface area contributed by atoms with Crippen LogP contribution < -0.4 is 14.8 Å². The van der Waals surface area contributed by atoms with Crippen molar-refractivity contribution in [2.45, 2.75) is 13.3 Å². The van der Waals surface area contributed by atoms with Crippen molar-refractivity contribution in [2.75, 3.05) is 19.0 Å². The van der Waals surface area contributed by atoms with Crippen molar-refractivity contribution in [1.29, 1.82) is 0 Å². The van der Waals surface area contributed by atoms with E-state index in [-0.39, 0.29) is 12.5 Å². The lowest BCUT2D eigenvalue weighted by atomic mass is 10.2. The lowest BCUT2D eigenvalue weighted by Crippen LogP contribution is -2.20. The molecule has 2 aromatic carbocycles. The Morgan fingerprint density at radius 3 is 2.48 bits per heavy atom. The van der Waals surface area contributed by atoms with E-state index in [1.807, 2.05) is 31.2 Å². The van der Waals surface area contributed by atoms with Gasteiger partial charge in [0.1, 0.15) is 16.5 Å². The van der Waals surface area contributed by atoms with Crippen molar-refractivity contribution in [2.24, 2.45) is 0 Å². The summed E-state index contributed by atoms with van der Waals surface area (Å²) in [6.45, 7) is 1.94. The molecular weight excluding hydrogens is 390 g/mol. The number of carbonyl (C=O) groups excluding carboxylic acids is 1. The summed E-state index contributed by atoms with van der Waals surface area (Å²) in [6.07, 6.45) is 0.772. The van der Waals surface area contributed by atoms with Crippen molar-refractivity contribution >= 4 is 27.9 Å². The van der Waals surface area contributed by atoms with E-state index in [1.165, 1.54) is 11.3 Å². The highest BCUT2D eigenvalue weighted by atomic mass is 32.1. The van der Waals surface area contributed by atoms with Gasteiger partial charge in [0.2, 0.25) is 4.96 Å². The molecule has 1 N–H and O–H groups in total. The first-order valence-corrected chi connectivity index (χ1v) is 9.86. The molecule has 148 valence electrons. The van der Waals surface area contributed by atoms with Crippen LogP contribution in [0.1, 0.15) is 12.7 Å². The number of ether oxygens (including phenoxy) is 2. The standard InChI is InChI=1S/C20H19N5O3S/c1-3-17-22-23-20-25(17)24-19(29-20)13-4-6-14(7-5-13)21-18(26)12-28-16-10-8-15(27-2)9-11-16/h4-11H,3,12H2,1-2H3,(H,21,26). The van der Waals surface area contributed by atoms with E-state index in [0.717, 1.165) is 33.5 Å². The summed E-state index contributed by atoms with van der Waals surface area (Å²) in [7, 11) is 1.60. The van der Waals surface area contributed by atoms with Gasteiger partial charge in [-0.05, 0) is 48.5 Å². The molecule has 0 aliphatic carbocycles. The number of anilines is 1. The lowest BCUT2D eigenvalue weighted by molar-refractivity contribution is -0.118. The molecule has 0 bridgehead atoms. The predicted octanol–water partition coefficient (Wildman–Crippen LogP) is 3.44. The van der Waals surface area contributed by atoms with Gasteiger partial charge in [-0.1, -0.05) is 18.3 Å². The summed E-state index contributed by atoms with van der Waals surface area (Å²) in [4.78, 5) is 12.9. The van der Waals surface area contributed by atoms with Gasteiger partial charge >= 0.3 is 0 Å². The molecule has 0 aliphatic heterocycles. The lowest BCUT2D eigenvalue weighted by Gasteiger charge is -2.08. The number of nitrogens with zero attached hydrogens (tertiary/aromatic N) is 4. The van der Waals surface area contributed by atoms with E-state index in [9.17, 15) is 4.79 Å². The minimum Gasteiger partial charge on any atom is -0.497 e. The predicted molar refractivity (Wildman–Crippen MR) is 111 cm³/mol. The van der Waals surface area contributed by atoms with Crippen LogP contribution in [0, 0.1) is 0 Å². The molecule has 0 aliphatic rings. The number of methoxy groups -OCH3 is 1. The van der Waals surface area contributed by atoms with Crippen LogP contribution in [0.2, 0.25) is 0 Å². The van der Waals surface area contributed by atoms with Crippen molar-refractivity contribution in [1.82, 2.24) is 19.8 Å².